The number of hydrogen-bond acceptors (Lipinski definition) is 3. The van der Waals surface area contributed by atoms with Crippen LogP contribution >= 0.6 is 0 Å². The number of amides is 1. The predicted octanol–water partition coefficient (Wildman–Crippen LogP) is 2.04. The number of rotatable bonds is 2. The maximum atomic E-state index is 12.5. The summed E-state index contributed by atoms with van der Waals surface area (Å²) >= 11 is 0. The summed E-state index contributed by atoms with van der Waals surface area (Å²) in [6.07, 6.45) is 3.64. The highest BCUT2D eigenvalue weighted by atomic mass is 16.5. The van der Waals surface area contributed by atoms with Gasteiger partial charge in [0.25, 0.3) is 5.91 Å². The Hall–Kier alpha value is -1.84. The molecule has 2 unspecified atom stereocenters. The van der Waals surface area contributed by atoms with E-state index < -0.39 is 0 Å². The summed E-state index contributed by atoms with van der Waals surface area (Å²) in [5.41, 5.74) is 1.14. The van der Waals surface area contributed by atoms with Crippen LogP contribution in [0.3, 0.4) is 0 Å². The van der Waals surface area contributed by atoms with Crippen molar-refractivity contribution in [2.45, 2.75) is 19.3 Å². The number of fused-ring (bicyclic) bond motifs is 2. The van der Waals surface area contributed by atoms with Crippen molar-refractivity contribution in [3.63, 3.8) is 0 Å². The third-order valence-electron chi connectivity index (χ3n) is 4.86. The lowest BCUT2D eigenvalue weighted by molar-refractivity contribution is 0.0951. The lowest BCUT2D eigenvalue weighted by atomic mass is 9.99. The highest BCUT2D eigenvalue weighted by Crippen LogP contribution is 2.58. The van der Waals surface area contributed by atoms with Crippen molar-refractivity contribution in [3.05, 3.63) is 29.3 Å². The molecule has 4 heteroatoms. The molecule has 20 heavy (non-hydrogen) atoms. The average molecular weight is 271 g/mol. The lowest BCUT2D eigenvalue weighted by Crippen LogP contribution is -2.24. The number of ether oxygens (including phenoxy) is 1. The van der Waals surface area contributed by atoms with Gasteiger partial charge in [-0.05, 0) is 42.9 Å². The summed E-state index contributed by atoms with van der Waals surface area (Å²) in [6.45, 7) is 0.975. The van der Waals surface area contributed by atoms with Gasteiger partial charge in [0.05, 0.1) is 12.1 Å². The number of nitrogens with one attached hydrogen (secondary N) is 1. The number of Topliss-reactive ketones (excluding diaryl/α,β-unsaturated/α-hetero) is 1. The van der Waals surface area contributed by atoms with Crippen molar-refractivity contribution < 1.29 is 14.3 Å². The Kier molecular flexibility index (Phi) is 2.59. The van der Waals surface area contributed by atoms with Crippen LogP contribution in [-0.2, 0) is 0 Å². The first-order valence-corrected chi connectivity index (χ1v) is 7.35. The standard InChI is InChI=1S/C16H17NO3/c18-15(14-10-2-1-3-11(10)14)9-4-5-13-12(8-9)16(19)17-6-7-20-13/h4-5,8,10-11,14H,1-3,6-7H2,(H,17,19). The molecule has 1 heterocycles. The van der Waals surface area contributed by atoms with E-state index in [-0.39, 0.29) is 17.6 Å². The molecule has 1 aliphatic heterocycles. The van der Waals surface area contributed by atoms with Crippen molar-refractivity contribution >= 4 is 11.7 Å². The summed E-state index contributed by atoms with van der Waals surface area (Å²) in [7, 11) is 0. The molecule has 4 nitrogen and oxygen atoms in total. The Morgan fingerprint density at radius 2 is 2.05 bits per heavy atom. The van der Waals surface area contributed by atoms with Crippen molar-refractivity contribution in [2.24, 2.45) is 17.8 Å². The van der Waals surface area contributed by atoms with Crippen molar-refractivity contribution in [1.29, 1.82) is 0 Å². The summed E-state index contributed by atoms with van der Waals surface area (Å²) in [5.74, 6) is 2.05. The molecule has 1 amide bonds. The van der Waals surface area contributed by atoms with Crippen LogP contribution in [0.15, 0.2) is 18.2 Å². The first kappa shape index (κ1) is 11.9. The van der Waals surface area contributed by atoms with Crippen LogP contribution in [0.4, 0.5) is 0 Å². The van der Waals surface area contributed by atoms with Crippen molar-refractivity contribution in [1.82, 2.24) is 5.32 Å². The minimum absolute atomic E-state index is 0.150. The van der Waals surface area contributed by atoms with Crippen LogP contribution < -0.4 is 10.1 Å². The Morgan fingerprint density at radius 1 is 1.25 bits per heavy atom. The molecule has 0 bridgehead atoms. The van der Waals surface area contributed by atoms with Crippen LogP contribution in [0.1, 0.15) is 40.0 Å². The molecule has 1 N–H and O–H groups in total. The van der Waals surface area contributed by atoms with Crippen LogP contribution in [0.25, 0.3) is 0 Å². The smallest absolute Gasteiger partial charge is 0.255 e. The van der Waals surface area contributed by atoms with Gasteiger partial charge in [0.2, 0.25) is 0 Å². The molecule has 2 atom stereocenters. The quantitative estimate of drug-likeness (QED) is 0.837. The molecule has 0 aromatic heterocycles. The van der Waals surface area contributed by atoms with E-state index in [9.17, 15) is 9.59 Å². The monoisotopic (exact) mass is 271 g/mol. The second-order valence-corrected chi connectivity index (χ2v) is 5.96. The first-order valence-electron chi connectivity index (χ1n) is 7.35. The van der Waals surface area contributed by atoms with Crippen molar-refractivity contribution in [3.8, 4) is 5.75 Å². The summed E-state index contributed by atoms with van der Waals surface area (Å²) in [4.78, 5) is 24.5. The van der Waals surface area contributed by atoms with E-state index in [2.05, 4.69) is 5.32 Å². The molecule has 0 spiro atoms. The average Bonchev–Trinajstić information content (AvgIpc) is 3.02. The van der Waals surface area contributed by atoms with Gasteiger partial charge >= 0.3 is 0 Å². The number of carbonyl (C=O) groups excluding carboxylic acids is 2. The summed E-state index contributed by atoms with van der Waals surface area (Å²) in [6, 6.07) is 5.26. The zero-order valence-electron chi connectivity index (χ0n) is 11.2. The van der Waals surface area contributed by atoms with Gasteiger partial charge in [-0.25, -0.2) is 0 Å². The zero-order valence-corrected chi connectivity index (χ0v) is 11.2. The zero-order chi connectivity index (χ0) is 13.7. The Balaban J connectivity index is 1.63. The lowest BCUT2D eigenvalue weighted by Gasteiger charge is -2.08. The SMILES string of the molecule is O=C1NCCOc2ccc(C(=O)C3C4CCCC43)cc21. The van der Waals surface area contributed by atoms with Crippen LogP contribution in [0.5, 0.6) is 5.75 Å². The predicted molar refractivity (Wildman–Crippen MR) is 72.9 cm³/mol. The summed E-state index contributed by atoms with van der Waals surface area (Å²) < 4.78 is 5.51. The molecule has 104 valence electrons. The highest BCUT2D eigenvalue weighted by molar-refractivity contribution is 6.04. The molecule has 1 aromatic rings. The first-order chi connectivity index (χ1) is 9.75. The fraction of sp³-hybridized carbons (Fsp3) is 0.500. The largest absolute Gasteiger partial charge is 0.491 e. The topological polar surface area (TPSA) is 55.4 Å². The molecule has 0 saturated heterocycles. The van der Waals surface area contributed by atoms with Crippen LogP contribution in [0.2, 0.25) is 0 Å². The Morgan fingerprint density at radius 3 is 2.85 bits per heavy atom. The minimum Gasteiger partial charge on any atom is -0.491 e. The normalized spacial score (nSPS) is 30.6. The van der Waals surface area contributed by atoms with E-state index in [4.69, 9.17) is 4.74 Å². The molecule has 4 rings (SSSR count). The molecule has 3 aliphatic rings. The number of hydrogen-bond donors (Lipinski definition) is 1. The van der Waals surface area contributed by atoms with Gasteiger partial charge in [0.15, 0.2) is 5.78 Å². The number of carbonyl (C=O) groups is 2. The van der Waals surface area contributed by atoms with E-state index >= 15 is 0 Å². The minimum atomic E-state index is -0.150. The number of ketones is 1. The van der Waals surface area contributed by atoms with Gasteiger partial charge in [-0.3, -0.25) is 9.59 Å². The second-order valence-electron chi connectivity index (χ2n) is 5.96. The molecule has 2 saturated carbocycles. The van der Waals surface area contributed by atoms with Crippen LogP contribution in [0, 0.1) is 17.8 Å². The van der Waals surface area contributed by atoms with Crippen molar-refractivity contribution in [2.75, 3.05) is 13.2 Å². The van der Waals surface area contributed by atoms with E-state index in [0.717, 1.165) is 0 Å². The second kappa shape index (κ2) is 4.33. The maximum Gasteiger partial charge on any atom is 0.255 e. The maximum absolute atomic E-state index is 12.5. The fourth-order valence-corrected chi connectivity index (χ4v) is 3.81. The highest BCUT2D eigenvalue weighted by Gasteiger charge is 2.56. The van der Waals surface area contributed by atoms with Crippen LogP contribution in [-0.4, -0.2) is 24.8 Å². The third-order valence-corrected chi connectivity index (χ3v) is 4.86. The van der Waals surface area contributed by atoms with E-state index in [1.54, 1.807) is 18.2 Å². The van der Waals surface area contributed by atoms with E-state index in [1.165, 1.54) is 19.3 Å². The molecular weight excluding hydrogens is 254 g/mol. The van der Waals surface area contributed by atoms with Gasteiger partial charge < -0.3 is 10.1 Å². The van der Waals surface area contributed by atoms with E-state index in [1.807, 2.05) is 0 Å². The Bertz CT molecular complexity index is 585. The van der Waals surface area contributed by atoms with Gasteiger partial charge in [-0.1, -0.05) is 6.42 Å². The summed E-state index contributed by atoms with van der Waals surface area (Å²) in [5, 5.41) is 2.78. The van der Waals surface area contributed by atoms with Gasteiger partial charge in [0, 0.05) is 11.5 Å². The molecular formula is C16H17NO3. The molecule has 0 radical (unpaired) electrons. The Labute approximate surface area is 117 Å². The van der Waals surface area contributed by atoms with Gasteiger partial charge in [-0.2, -0.15) is 0 Å². The molecule has 2 fully saturated rings. The van der Waals surface area contributed by atoms with E-state index in [0.29, 0.717) is 41.9 Å². The molecule has 2 aliphatic carbocycles. The molecule has 1 aromatic carbocycles. The van der Waals surface area contributed by atoms with Gasteiger partial charge in [-0.15, -0.1) is 0 Å². The third kappa shape index (κ3) is 1.74. The van der Waals surface area contributed by atoms with Gasteiger partial charge in [0.1, 0.15) is 12.4 Å². The number of benzene rings is 1. The fourth-order valence-electron chi connectivity index (χ4n) is 3.81.